The van der Waals surface area contributed by atoms with Crippen LogP contribution < -0.4 is 5.32 Å². The van der Waals surface area contributed by atoms with Crippen LogP contribution in [0, 0.1) is 6.92 Å². The van der Waals surface area contributed by atoms with E-state index in [1.165, 1.54) is 16.0 Å². The maximum absolute atomic E-state index is 4.27. The SMILES string of the molecule is CNCc1cc(C)ccc1Sc1nnc2ccccn12. The quantitative estimate of drug-likeness (QED) is 0.800. The van der Waals surface area contributed by atoms with Gasteiger partial charge in [0.25, 0.3) is 0 Å². The Hall–Kier alpha value is -1.85. The summed E-state index contributed by atoms with van der Waals surface area (Å²) in [4.78, 5) is 1.21. The molecule has 3 aromatic rings. The summed E-state index contributed by atoms with van der Waals surface area (Å²) in [7, 11) is 1.96. The first-order valence-corrected chi connectivity index (χ1v) is 7.31. The zero-order valence-electron chi connectivity index (χ0n) is 11.5. The largest absolute Gasteiger partial charge is 0.316 e. The van der Waals surface area contributed by atoms with Crippen LogP contribution in [0.25, 0.3) is 5.65 Å². The second-order valence-electron chi connectivity index (χ2n) is 4.65. The lowest BCUT2D eigenvalue weighted by Gasteiger charge is -2.09. The molecule has 0 aliphatic rings. The van der Waals surface area contributed by atoms with Crippen LogP contribution in [0.1, 0.15) is 11.1 Å². The van der Waals surface area contributed by atoms with E-state index >= 15 is 0 Å². The van der Waals surface area contributed by atoms with Crippen LogP contribution in [0.2, 0.25) is 0 Å². The van der Waals surface area contributed by atoms with Gasteiger partial charge < -0.3 is 5.32 Å². The minimum atomic E-state index is 0.848. The third kappa shape index (κ3) is 2.55. The number of hydrogen-bond acceptors (Lipinski definition) is 4. The van der Waals surface area contributed by atoms with Crippen LogP contribution >= 0.6 is 11.8 Å². The summed E-state index contributed by atoms with van der Waals surface area (Å²) in [5, 5.41) is 12.6. The average Bonchev–Trinajstić information content (AvgIpc) is 2.86. The Morgan fingerprint density at radius 1 is 1.20 bits per heavy atom. The van der Waals surface area contributed by atoms with E-state index in [1.54, 1.807) is 11.8 Å². The molecule has 0 aliphatic carbocycles. The Bertz CT molecular complexity index is 736. The minimum absolute atomic E-state index is 0.848. The van der Waals surface area contributed by atoms with Crippen molar-refractivity contribution < 1.29 is 0 Å². The lowest BCUT2D eigenvalue weighted by molar-refractivity contribution is 0.801. The second-order valence-corrected chi connectivity index (χ2v) is 5.66. The first-order chi connectivity index (χ1) is 9.78. The molecule has 1 aromatic carbocycles. The normalized spacial score (nSPS) is 11.1. The van der Waals surface area contributed by atoms with Gasteiger partial charge in [-0.3, -0.25) is 4.40 Å². The van der Waals surface area contributed by atoms with Gasteiger partial charge in [0, 0.05) is 17.6 Å². The molecule has 1 N–H and O–H groups in total. The van der Waals surface area contributed by atoms with Gasteiger partial charge in [0.2, 0.25) is 0 Å². The molecule has 3 rings (SSSR count). The molecule has 0 amide bonds. The number of nitrogens with one attached hydrogen (secondary N) is 1. The van der Waals surface area contributed by atoms with E-state index in [-0.39, 0.29) is 0 Å². The molecule has 2 heterocycles. The molecular weight excluding hydrogens is 268 g/mol. The van der Waals surface area contributed by atoms with Crippen molar-refractivity contribution in [2.45, 2.75) is 23.5 Å². The van der Waals surface area contributed by atoms with E-state index in [0.717, 1.165) is 17.3 Å². The summed E-state index contributed by atoms with van der Waals surface area (Å²) in [6.07, 6.45) is 1.99. The summed E-state index contributed by atoms with van der Waals surface area (Å²) in [6, 6.07) is 12.4. The third-order valence-electron chi connectivity index (χ3n) is 3.07. The van der Waals surface area contributed by atoms with Gasteiger partial charge >= 0.3 is 0 Å². The monoisotopic (exact) mass is 284 g/mol. The van der Waals surface area contributed by atoms with Gasteiger partial charge in [-0.2, -0.15) is 0 Å². The fourth-order valence-corrected chi connectivity index (χ4v) is 3.05. The number of aromatic nitrogens is 3. The zero-order chi connectivity index (χ0) is 13.9. The standard InChI is InChI=1S/C15H16N4S/c1-11-6-7-13(12(9-11)10-16-2)20-15-18-17-14-5-3-4-8-19(14)15/h3-9,16H,10H2,1-2H3. The first-order valence-electron chi connectivity index (χ1n) is 6.49. The van der Waals surface area contributed by atoms with E-state index in [4.69, 9.17) is 0 Å². The van der Waals surface area contributed by atoms with Crippen LogP contribution in [0.5, 0.6) is 0 Å². The summed E-state index contributed by atoms with van der Waals surface area (Å²) in [5.41, 5.74) is 3.42. The van der Waals surface area contributed by atoms with Gasteiger partial charge in [-0.15, -0.1) is 10.2 Å². The van der Waals surface area contributed by atoms with Crippen molar-refractivity contribution in [3.8, 4) is 0 Å². The molecule has 0 unspecified atom stereocenters. The third-order valence-corrected chi connectivity index (χ3v) is 4.15. The van der Waals surface area contributed by atoms with Gasteiger partial charge in [-0.25, -0.2) is 0 Å². The Morgan fingerprint density at radius 2 is 2.10 bits per heavy atom. The molecule has 0 bridgehead atoms. The van der Waals surface area contributed by atoms with Crippen LogP contribution in [0.4, 0.5) is 0 Å². The maximum atomic E-state index is 4.27. The number of nitrogens with zero attached hydrogens (tertiary/aromatic N) is 3. The van der Waals surface area contributed by atoms with Crippen molar-refractivity contribution in [3.05, 3.63) is 53.7 Å². The van der Waals surface area contributed by atoms with Crippen molar-refractivity contribution in [1.29, 1.82) is 0 Å². The molecule has 0 fully saturated rings. The zero-order valence-corrected chi connectivity index (χ0v) is 12.3. The molecule has 0 spiro atoms. The first kappa shape index (κ1) is 13.1. The van der Waals surface area contributed by atoms with Crippen molar-refractivity contribution in [2.75, 3.05) is 7.05 Å². The van der Waals surface area contributed by atoms with Gasteiger partial charge in [0.1, 0.15) is 0 Å². The van der Waals surface area contributed by atoms with Crippen molar-refractivity contribution in [2.24, 2.45) is 0 Å². The summed E-state index contributed by atoms with van der Waals surface area (Å²) in [5.74, 6) is 0. The highest BCUT2D eigenvalue weighted by Crippen LogP contribution is 2.30. The van der Waals surface area contributed by atoms with Crippen LogP contribution in [0.3, 0.4) is 0 Å². The summed E-state index contributed by atoms with van der Waals surface area (Å²) >= 11 is 1.65. The lowest BCUT2D eigenvalue weighted by atomic mass is 10.1. The fraction of sp³-hybridized carbons (Fsp3) is 0.200. The molecule has 20 heavy (non-hydrogen) atoms. The van der Waals surface area contributed by atoms with Gasteiger partial charge in [-0.1, -0.05) is 23.8 Å². The van der Waals surface area contributed by atoms with E-state index < -0.39 is 0 Å². The number of rotatable bonds is 4. The number of pyridine rings is 1. The van der Waals surface area contributed by atoms with Crippen LogP contribution in [0.15, 0.2) is 52.6 Å². The maximum Gasteiger partial charge on any atom is 0.200 e. The molecule has 0 saturated heterocycles. The number of fused-ring (bicyclic) bond motifs is 1. The molecule has 102 valence electrons. The number of hydrogen-bond donors (Lipinski definition) is 1. The van der Waals surface area contributed by atoms with Crippen LogP contribution in [-0.2, 0) is 6.54 Å². The molecule has 5 heteroatoms. The lowest BCUT2D eigenvalue weighted by Crippen LogP contribution is -2.06. The number of benzene rings is 1. The molecule has 0 saturated carbocycles. The topological polar surface area (TPSA) is 42.2 Å². The minimum Gasteiger partial charge on any atom is -0.316 e. The Kier molecular flexibility index (Phi) is 3.71. The number of aryl methyl sites for hydroxylation is 1. The molecule has 2 aromatic heterocycles. The molecule has 0 atom stereocenters. The Balaban J connectivity index is 1.98. The van der Waals surface area contributed by atoms with E-state index in [2.05, 4.69) is 40.6 Å². The van der Waals surface area contributed by atoms with E-state index in [9.17, 15) is 0 Å². The van der Waals surface area contributed by atoms with Crippen molar-refractivity contribution in [3.63, 3.8) is 0 Å². The molecule has 4 nitrogen and oxygen atoms in total. The van der Waals surface area contributed by atoms with Crippen molar-refractivity contribution in [1.82, 2.24) is 19.9 Å². The predicted molar refractivity (Wildman–Crippen MR) is 81.1 cm³/mol. The van der Waals surface area contributed by atoms with Gasteiger partial charge in [0.15, 0.2) is 10.8 Å². The molecule has 0 radical (unpaired) electrons. The average molecular weight is 284 g/mol. The van der Waals surface area contributed by atoms with Gasteiger partial charge in [-0.05, 0) is 49.5 Å². The highest BCUT2D eigenvalue weighted by atomic mass is 32.2. The van der Waals surface area contributed by atoms with Crippen molar-refractivity contribution >= 4 is 17.4 Å². The Morgan fingerprint density at radius 3 is 2.95 bits per heavy atom. The molecule has 0 aliphatic heterocycles. The Labute approximate surface area is 122 Å². The molecular formula is C15H16N4S. The summed E-state index contributed by atoms with van der Waals surface area (Å²) < 4.78 is 2.01. The van der Waals surface area contributed by atoms with E-state index in [1.807, 2.05) is 35.8 Å². The van der Waals surface area contributed by atoms with Gasteiger partial charge in [0.05, 0.1) is 0 Å². The smallest absolute Gasteiger partial charge is 0.200 e. The van der Waals surface area contributed by atoms with E-state index in [0.29, 0.717) is 0 Å². The highest BCUT2D eigenvalue weighted by Gasteiger charge is 2.10. The fourth-order valence-electron chi connectivity index (χ4n) is 2.12. The second kappa shape index (κ2) is 5.64. The highest BCUT2D eigenvalue weighted by molar-refractivity contribution is 7.99. The van der Waals surface area contributed by atoms with Crippen LogP contribution in [-0.4, -0.2) is 21.6 Å². The predicted octanol–water partition coefficient (Wildman–Crippen LogP) is 2.91. The summed E-state index contributed by atoms with van der Waals surface area (Å²) in [6.45, 7) is 2.96.